The topological polar surface area (TPSA) is 62.7 Å². The van der Waals surface area contributed by atoms with Gasteiger partial charge < -0.3 is 14.7 Å². The van der Waals surface area contributed by atoms with E-state index in [0.717, 1.165) is 34.1 Å². The van der Waals surface area contributed by atoms with E-state index in [1.807, 2.05) is 19.9 Å². The second-order valence-electron chi connectivity index (χ2n) is 5.52. The number of aromatic nitrogens is 1. The van der Waals surface area contributed by atoms with Crippen LogP contribution >= 0.6 is 12.4 Å². The Hall–Kier alpha value is -2.01. The van der Waals surface area contributed by atoms with Gasteiger partial charge in [-0.25, -0.2) is 4.79 Å². The van der Waals surface area contributed by atoms with Crippen molar-refractivity contribution >= 4 is 29.4 Å². The maximum absolute atomic E-state index is 11.9. The zero-order valence-corrected chi connectivity index (χ0v) is 14.2. The monoisotopic (exact) mass is 336 g/mol. The number of rotatable bonds is 1. The summed E-state index contributed by atoms with van der Waals surface area (Å²) in [5, 5.41) is 10.9. The Morgan fingerprint density at radius 1 is 1.35 bits per heavy atom. The minimum atomic E-state index is -0.264. The zero-order chi connectivity index (χ0) is 15.7. The van der Waals surface area contributed by atoms with Crippen LogP contribution in [0.4, 0.5) is 4.79 Å². The number of pyridine rings is 1. The summed E-state index contributed by atoms with van der Waals surface area (Å²) in [6.45, 7) is 5.45. The summed E-state index contributed by atoms with van der Waals surface area (Å²) in [5.74, 6) is 0.261. The van der Waals surface area contributed by atoms with E-state index in [9.17, 15) is 9.90 Å². The summed E-state index contributed by atoms with van der Waals surface area (Å²) < 4.78 is 5.09. The van der Waals surface area contributed by atoms with E-state index in [-0.39, 0.29) is 24.2 Å². The number of aryl methyl sites for hydroxylation is 1. The highest BCUT2D eigenvalue weighted by molar-refractivity contribution is 5.89. The van der Waals surface area contributed by atoms with E-state index in [2.05, 4.69) is 0 Å². The largest absolute Gasteiger partial charge is 0.507 e. The highest BCUT2D eigenvalue weighted by Gasteiger charge is 2.22. The molecule has 0 saturated heterocycles. The summed E-state index contributed by atoms with van der Waals surface area (Å²) >= 11 is 0. The number of amides is 1. The molecule has 1 aromatic carbocycles. The molecule has 1 aliphatic heterocycles. The van der Waals surface area contributed by atoms with Gasteiger partial charge in [-0.15, -0.1) is 12.4 Å². The normalized spacial score (nSPS) is 13.9. The fourth-order valence-electron chi connectivity index (χ4n) is 3.12. The second kappa shape index (κ2) is 7.04. The molecule has 0 spiro atoms. The van der Waals surface area contributed by atoms with Crippen LogP contribution in [0.25, 0.3) is 10.9 Å². The molecule has 1 amide bonds. The van der Waals surface area contributed by atoms with Crippen LogP contribution in [0.5, 0.6) is 5.75 Å². The first-order valence-corrected chi connectivity index (χ1v) is 7.63. The summed E-state index contributed by atoms with van der Waals surface area (Å²) in [6.07, 6.45) is 1.18. The van der Waals surface area contributed by atoms with Crippen LogP contribution in [0.2, 0.25) is 0 Å². The van der Waals surface area contributed by atoms with E-state index in [4.69, 9.17) is 9.72 Å². The molecule has 6 heteroatoms. The number of halogens is 1. The molecule has 0 radical (unpaired) electrons. The van der Waals surface area contributed by atoms with Gasteiger partial charge in [0.2, 0.25) is 0 Å². The molecule has 2 heterocycles. The first kappa shape index (κ1) is 17.3. The number of aromatic hydroxyl groups is 1. The number of carbonyl (C=O) groups is 1. The molecule has 0 saturated carbocycles. The van der Waals surface area contributed by atoms with Crippen molar-refractivity contribution in [2.45, 2.75) is 26.7 Å². The third-order valence-electron chi connectivity index (χ3n) is 4.23. The van der Waals surface area contributed by atoms with E-state index in [0.29, 0.717) is 26.1 Å². The molecular formula is C17H21ClN2O3. The molecule has 0 bridgehead atoms. The lowest BCUT2D eigenvalue weighted by atomic mass is 9.98. The van der Waals surface area contributed by atoms with E-state index >= 15 is 0 Å². The number of hydrogen-bond acceptors (Lipinski definition) is 4. The van der Waals surface area contributed by atoms with Gasteiger partial charge in [0.25, 0.3) is 0 Å². The SMILES string of the molecule is CCOC(=O)N1CCc2nc3cccc(O)c3c(C)c2CC1.Cl. The van der Waals surface area contributed by atoms with Crippen molar-refractivity contribution in [2.75, 3.05) is 19.7 Å². The number of benzene rings is 1. The number of carbonyl (C=O) groups excluding carboxylic acids is 1. The predicted molar refractivity (Wildman–Crippen MR) is 91.4 cm³/mol. The van der Waals surface area contributed by atoms with Crippen LogP contribution in [0.3, 0.4) is 0 Å². The summed E-state index contributed by atoms with van der Waals surface area (Å²) in [4.78, 5) is 18.3. The third kappa shape index (κ3) is 3.20. The highest BCUT2D eigenvalue weighted by Crippen LogP contribution is 2.31. The number of nitrogens with zero attached hydrogens (tertiary/aromatic N) is 2. The van der Waals surface area contributed by atoms with Crippen LogP contribution in [0.1, 0.15) is 23.7 Å². The number of ether oxygens (including phenoxy) is 1. The van der Waals surface area contributed by atoms with Crippen LogP contribution in [-0.4, -0.2) is 40.8 Å². The van der Waals surface area contributed by atoms with Gasteiger partial charge in [-0.05, 0) is 43.5 Å². The van der Waals surface area contributed by atoms with Crippen LogP contribution in [0, 0.1) is 6.92 Å². The molecule has 124 valence electrons. The zero-order valence-electron chi connectivity index (χ0n) is 13.3. The molecule has 0 atom stereocenters. The van der Waals surface area contributed by atoms with Crippen molar-refractivity contribution in [3.63, 3.8) is 0 Å². The molecule has 3 rings (SSSR count). The molecule has 5 nitrogen and oxygen atoms in total. The molecule has 1 aliphatic rings. The van der Waals surface area contributed by atoms with E-state index in [1.165, 1.54) is 0 Å². The molecule has 1 N–H and O–H groups in total. The number of phenolic OH excluding ortho intramolecular Hbond substituents is 1. The van der Waals surface area contributed by atoms with Crippen molar-refractivity contribution in [1.82, 2.24) is 9.88 Å². The number of phenols is 1. The molecule has 2 aromatic rings. The lowest BCUT2D eigenvalue weighted by molar-refractivity contribution is 0.109. The molecule has 0 unspecified atom stereocenters. The predicted octanol–water partition coefficient (Wildman–Crippen LogP) is 3.23. The van der Waals surface area contributed by atoms with E-state index in [1.54, 1.807) is 17.0 Å². The van der Waals surface area contributed by atoms with Crippen molar-refractivity contribution < 1.29 is 14.6 Å². The Balaban J connectivity index is 0.00000192. The highest BCUT2D eigenvalue weighted by atomic mass is 35.5. The van der Waals surface area contributed by atoms with Gasteiger partial charge in [0.05, 0.1) is 12.1 Å². The molecular weight excluding hydrogens is 316 g/mol. The Labute approximate surface area is 141 Å². The quantitative estimate of drug-likeness (QED) is 0.868. The maximum atomic E-state index is 11.9. The third-order valence-corrected chi connectivity index (χ3v) is 4.23. The summed E-state index contributed by atoms with van der Waals surface area (Å²) in [5.41, 5.74) is 4.02. The van der Waals surface area contributed by atoms with Gasteiger partial charge in [-0.3, -0.25) is 4.98 Å². The van der Waals surface area contributed by atoms with Crippen LogP contribution < -0.4 is 0 Å². The lowest BCUT2D eigenvalue weighted by Gasteiger charge is -2.18. The van der Waals surface area contributed by atoms with Gasteiger partial charge in [-0.1, -0.05) is 6.07 Å². The van der Waals surface area contributed by atoms with Gasteiger partial charge in [-0.2, -0.15) is 0 Å². The average Bonchev–Trinajstić information content (AvgIpc) is 2.70. The maximum Gasteiger partial charge on any atom is 0.409 e. The first-order chi connectivity index (χ1) is 10.6. The summed E-state index contributed by atoms with van der Waals surface area (Å²) in [7, 11) is 0. The Morgan fingerprint density at radius 3 is 2.83 bits per heavy atom. The lowest BCUT2D eigenvalue weighted by Crippen LogP contribution is -2.33. The molecule has 1 aromatic heterocycles. The van der Waals surface area contributed by atoms with Crippen LogP contribution in [0.15, 0.2) is 18.2 Å². The van der Waals surface area contributed by atoms with Crippen molar-refractivity contribution in [1.29, 1.82) is 0 Å². The Morgan fingerprint density at radius 2 is 2.09 bits per heavy atom. The standard InChI is InChI=1S/C17H20N2O3.ClH/c1-3-22-17(21)19-9-7-12-11(2)16-14(5-4-6-15(16)20)18-13(12)8-10-19;/h4-6,20H,3,7-10H2,1-2H3;1H. The fourth-order valence-corrected chi connectivity index (χ4v) is 3.12. The number of fused-ring (bicyclic) bond motifs is 2. The molecule has 23 heavy (non-hydrogen) atoms. The van der Waals surface area contributed by atoms with Crippen molar-refractivity contribution in [3.8, 4) is 5.75 Å². The number of hydrogen-bond donors (Lipinski definition) is 1. The minimum absolute atomic E-state index is 0. The minimum Gasteiger partial charge on any atom is -0.507 e. The smallest absolute Gasteiger partial charge is 0.409 e. The Bertz CT molecular complexity index is 733. The Kier molecular flexibility index (Phi) is 5.31. The van der Waals surface area contributed by atoms with Gasteiger partial charge in [0.15, 0.2) is 0 Å². The molecule has 0 aliphatic carbocycles. The van der Waals surface area contributed by atoms with Crippen molar-refractivity contribution in [2.24, 2.45) is 0 Å². The second-order valence-corrected chi connectivity index (χ2v) is 5.52. The average molecular weight is 337 g/mol. The molecule has 0 fully saturated rings. The van der Waals surface area contributed by atoms with Crippen LogP contribution in [-0.2, 0) is 17.6 Å². The fraction of sp³-hybridized carbons (Fsp3) is 0.412. The van der Waals surface area contributed by atoms with E-state index < -0.39 is 0 Å². The van der Waals surface area contributed by atoms with Gasteiger partial charge in [0, 0.05) is 30.6 Å². The van der Waals surface area contributed by atoms with Gasteiger partial charge in [0.1, 0.15) is 5.75 Å². The first-order valence-electron chi connectivity index (χ1n) is 7.63. The van der Waals surface area contributed by atoms with Crippen molar-refractivity contribution in [3.05, 3.63) is 35.0 Å². The van der Waals surface area contributed by atoms with Gasteiger partial charge >= 0.3 is 6.09 Å². The summed E-state index contributed by atoms with van der Waals surface area (Å²) in [6, 6.07) is 5.40.